The van der Waals surface area contributed by atoms with Crippen molar-refractivity contribution in [2.45, 2.75) is 66.3 Å². The first-order valence-corrected chi connectivity index (χ1v) is 14.3. The van der Waals surface area contributed by atoms with Crippen molar-refractivity contribution in [3.8, 4) is 11.3 Å². The van der Waals surface area contributed by atoms with Crippen LogP contribution in [0.15, 0.2) is 66.7 Å². The number of pyridine rings is 1. The predicted octanol–water partition coefficient (Wildman–Crippen LogP) is 8.55. The molecule has 0 saturated carbocycles. The zero-order valence-corrected chi connectivity index (χ0v) is 23.6. The number of hydrogen-bond donors (Lipinski definition) is 1. The zero-order chi connectivity index (χ0) is 26.2. The first kappa shape index (κ1) is 27.3. The maximum absolute atomic E-state index is 5.07. The highest BCUT2D eigenvalue weighted by Gasteiger charge is 2.22. The lowest BCUT2D eigenvalue weighted by Crippen LogP contribution is -2.28. The van der Waals surface area contributed by atoms with E-state index in [2.05, 4.69) is 112 Å². The van der Waals surface area contributed by atoms with E-state index in [0.717, 1.165) is 30.2 Å². The molecule has 0 aliphatic carbocycles. The minimum absolute atomic E-state index is 0.389. The second kappa shape index (κ2) is 13.2. The standard InChI is InChI=1S/C29H32N2.C5H13N/c1-20-7-6-15-31(16-14-20)22(3)27-19-29(30-28-9-5-4-8-26(27)28)25-13-12-23-17-21(2)10-11-24(23)18-25;1-3-5-6-4-2/h4-5,8-13,17-20,22H,6-7,14-16H2,1-3H3;6H,3-5H2,1-2H3. The second-order valence-electron chi connectivity index (χ2n) is 10.8. The third-order valence-electron chi connectivity index (χ3n) is 7.77. The van der Waals surface area contributed by atoms with Gasteiger partial charge >= 0.3 is 0 Å². The van der Waals surface area contributed by atoms with Crippen LogP contribution in [0.3, 0.4) is 0 Å². The van der Waals surface area contributed by atoms with E-state index in [1.54, 1.807) is 0 Å². The van der Waals surface area contributed by atoms with Crippen molar-refractivity contribution in [2.24, 2.45) is 5.92 Å². The Balaban J connectivity index is 0.000000480. The molecule has 3 nitrogen and oxygen atoms in total. The molecule has 0 radical (unpaired) electrons. The number of likely N-dealkylation sites (tertiary alicyclic amines) is 1. The van der Waals surface area contributed by atoms with Gasteiger partial charge in [-0.05, 0) is 106 Å². The quantitative estimate of drug-likeness (QED) is 0.272. The summed E-state index contributed by atoms with van der Waals surface area (Å²) in [6.07, 6.45) is 5.19. The Hall–Kier alpha value is -2.75. The normalized spacial score (nSPS) is 17.3. The fraction of sp³-hybridized carbons (Fsp3) is 0.441. The Labute approximate surface area is 224 Å². The van der Waals surface area contributed by atoms with E-state index in [1.165, 1.54) is 71.6 Å². The Bertz CT molecular complexity index is 1290. The SMILES string of the molecule is CCCNCC.Cc1ccc2cc(-c3cc(C(C)N4CCCC(C)CC4)c4ccccc4n3)ccc2c1. The Kier molecular flexibility index (Phi) is 9.71. The van der Waals surface area contributed by atoms with Crippen molar-refractivity contribution >= 4 is 21.7 Å². The molecule has 2 heterocycles. The molecule has 37 heavy (non-hydrogen) atoms. The lowest BCUT2D eigenvalue weighted by molar-refractivity contribution is 0.218. The monoisotopic (exact) mass is 495 g/mol. The van der Waals surface area contributed by atoms with Gasteiger partial charge in [0.2, 0.25) is 0 Å². The molecule has 2 unspecified atom stereocenters. The molecule has 1 aromatic heterocycles. The van der Waals surface area contributed by atoms with Crippen molar-refractivity contribution in [2.75, 3.05) is 26.2 Å². The second-order valence-corrected chi connectivity index (χ2v) is 10.8. The number of aromatic nitrogens is 1. The molecule has 1 aliphatic rings. The van der Waals surface area contributed by atoms with Crippen molar-refractivity contribution < 1.29 is 0 Å². The van der Waals surface area contributed by atoms with Gasteiger partial charge in [0.1, 0.15) is 0 Å². The van der Waals surface area contributed by atoms with Crippen LogP contribution in [0.25, 0.3) is 32.9 Å². The summed E-state index contributed by atoms with van der Waals surface area (Å²) in [5.41, 5.74) is 6.06. The van der Waals surface area contributed by atoms with Crippen LogP contribution in [-0.4, -0.2) is 36.1 Å². The lowest BCUT2D eigenvalue weighted by Gasteiger charge is -2.29. The maximum atomic E-state index is 5.07. The van der Waals surface area contributed by atoms with Gasteiger partial charge in [-0.2, -0.15) is 0 Å². The molecule has 5 rings (SSSR count). The molecule has 1 saturated heterocycles. The van der Waals surface area contributed by atoms with Crippen molar-refractivity contribution in [3.63, 3.8) is 0 Å². The van der Waals surface area contributed by atoms with Crippen molar-refractivity contribution in [3.05, 3.63) is 77.9 Å². The number of rotatable bonds is 6. The summed E-state index contributed by atoms with van der Waals surface area (Å²) in [5.74, 6) is 0.836. The Morgan fingerprint density at radius 3 is 2.51 bits per heavy atom. The van der Waals surface area contributed by atoms with Crippen LogP contribution in [0.2, 0.25) is 0 Å². The zero-order valence-electron chi connectivity index (χ0n) is 23.6. The van der Waals surface area contributed by atoms with E-state index in [1.807, 2.05) is 0 Å². The maximum Gasteiger partial charge on any atom is 0.0713 e. The molecular formula is C34H45N3. The van der Waals surface area contributed by atoms with E-state index >= 15 is 0 Å². The summed E-state index contributed by atoms with van der Waals surface area (Å²) in [6.45, 7) is 15.9. The van der Waals surface area contributed by atoms with Crippen molar-refractivity contribution in [1.82, 2.24) is 15.2 Å². The largest absolute Gasteiger partial charge is 0.317 e. The molecular weight excluding hydrogens is 450 g/mol. The lowest BCUT2D eigenvalue weighted by atomic mass is 9.97. The molecule has 0 amide bonds. The van der Waals surface area contributed by atoms with Gasteiger partial charge in [-0.3, -0.25) is 4.90 Å². The molecule has 4 aromatic rings. The highest BCUT2D eigenvalue weighted by atomic mass is 15.1. The molecule has 3 heteroatoms. The number of nitrogens with one attached hydrogen (secondary N) is 1. The third kappa shape index (κ3) is 6.97. The summed E-state index contributed by atoms with van der Waals surface area (Å²) in [4.78, 5) is 7.75. The topological polar surface area (TPSA) is 28.2 Å². The van der Waals surface area contributed by atoms with Crippen LogP contribution >= 0.6 is 0 Å². The molecule has 196 valence electrons. The molecule has 1 fully saturated rings. The number of para-hydroxylation sites is 1. The number of nitrogens with zero attached hydrogens (tertiary/aromatic N) is 2. The predicted molar refractivity (Wildman–Crippen MR) is 161 cm³/mol. The van der Waals surface area contributed by atoms with E-state index in [4.69, 9.17) is 4.98 Å². The van der Waals surface area contributed by atoms with Gasteiger partial charge in [-0.25, -0.2) is 4.98 Å². The average molecular weight is 496 g/mol. The smallest absolute Gasteiger partial charge is 0.0713 e. The van der Waals surface area contributed by atoms with Gasteiger partial charge in [0.05, 0.1) is 11.2 Å². The van der Waals surface area contributed by atoms with Crippen LogP contribution in [0.5, 0.6) is 0 Å². The fourth-order valence-electron chi connectivity index (χ4n) is 5.44. The number of fused-ring (bicyclic) bond motifs is 2. The molecule has 1 aliphatic heterocycles. The van der Waals surface area contributed by atoms with E-state index in [9.17, 15) is 0 Å². The summed E-state index contributed by atoms with van der Waals surface area (Å²) < 4.78 is 0. The molecule has 3 aromatic carbocycles. The van der Waals surface area contributed by atoms with Crippen LogP contribution in [0.4, 0.5) is 0 Å². The number of hydrogen-bond acceptors (Lipinski definition) is 3. The van der Waals surface area contributed by atoms with Gasteiger partial charge in [0.25, 0.3) is 0 Å². The van der Waals surface area contributed by atoms with Crippen LogP contribution < -0.4 is 5.32 Å². The third-order valence-corrected chi connectivity index (χ3v) is 7.77. The highest BCUT2D eigenvalue weighted by Crippen LogP contribution is 2.34. The molecule has 0 bridgehead atoms. The van der Waals surface area contributed by atoms with Gasteiger partial charge in [0.15, 0.2) is 0 Å². The summed E-state index contributed by atoms with van der Waals surface area (Å²) in [6, 6.07) is 24.8. The highest BCUT2D eigenvalue weighted by molar-refractivity contribution is 5.90. The molecule has 2 atom stereocenters. The summed E-state index contributed by atoms with van der Waals surface area (Å²) in [5, 5.41) is 7.04. The van der Waals surface area contributed by atoms with Crippen LogP contribution in [-0.2, 0) is 0 Å². The minimum atomic E-state index is 0.389. The van der Waals surface area contributed by atoms with E-state index in [0.29, 0.717) is 6.04 Å². The Morgan fingerprint density at radius 1 is 0.946 bits per heavy atom. The summed E-state index contributed by atoms with van der Waals surface area (Å²) >= 11 is 0. The molecule has 1 N–H and O–H groups in total. The fourth-order valence-corrected chi connectivity index (χ4v) is 5.44. The first-order valence-electron chi connectivity index (χ1n) is 14.3. The van der Waals surface area contributed by atoms with Crippen LogP contribution in [0, 0.1) is 12.8 Å². The van der Waals surface area contributed by atoms with E-state index < -0.39 is 0 Å². The van der Waals surface area contributed by atoms with Crippen LogP contribution in [0.1, 0.15) is 70.5 Å². The van der Waals surface area contributed by atoms with E-state index in [-0.39, 0.29) is 0 Å². The first-order chi connectivity index (χ1) is 18.0. The molecule has 0 spiro atoms. The van der Waals surface area contributed by atoms with Gasteiger partial charge in [-0.15, -0.1) is 0 Å². The van der Waals surface area contributed by atoms with Gasteiger partial charge in [-0.1, -0.05) is 74.9 Å². The van der Waals surface area contributed by atoms with Gasteiger partial charge < -0.3 is 5.32 Å². The van der Waals surface area contributed by atoms with Crippen molar-refractivity contribution in [1.29, 1.82) is 0 Å². The minimum Gasteiger partial charge on any atom is -0.317 e. The average Bonchev–Trinajstić information content (AvgIpc) is 3.15. The summed E-state index contributed by atoms with van der Waals surface area (Å²) in [7, 11) is 0. The Morgan fingerprint density at radius 2 is 1.73 bits per heavy atom. The number of benzene rings is 3. The number of aryl methyl sites for hydroxylation is 1. The van der Waals surface area contributed by atoms with Gasteiger partial charge in [0, 0.05) is 17.0 Å².